The van der Waals surface area contributed by atoms with Gasteiger partial charge in [-0.25, -0.2) is 4.79 Å². The van der Waals surface area contributed by atoms with Crippen LogP contribution in [0.2, 0.25) is 0 Å². The third-order valence-electron chi connectivity index (χ3n) is 4.03. The Balaban J connectivity index is 1.86. The summed E-state index contributed by atoms with van der Waals surface area (Å²) in [6.45, 7) is 0. The molecule has 0 bridgehead atoms. The Hall–Kier alpha value is -3.40. The number of aromatic hydroxyl groups is 1. The second kappa shape index (κ2) is 5.35. The Morgan fingerprint density at radius 1 is 0.875 bits per heavy atom. The van der Waals surface area contributed by atoms with Crippen LogP contribution >= 0.6 is 0 Å². The molecule has 0 atom stereocenters. The van der Waals surface area contributed by atoms with Crippen molar-refractivity contribution < 1.29 is 19.4 Å². The fourth-order valence-corrected chi connectivity index (χ4v) is 2.80. The lowest BCUT2D eigenvalue weighted by molar-refractivity contribution is -0.130. The number of hydrogen-bond donors (Lipinski definition) is 1. The molecular weight excluding hydrogens is 304 g/mol. The maximum Gasteiger partial charge on any atom is 0.347 e. The molecule has 0 unspecified atom stereocenters. The van der Waals surface area contributed by atoms with Crippen molar-refractivity contribution in [2.75, 3.05) is 0 Å². The van der Waals surface area contributed by atoms with E-state index in [-0.39, 0.29) is 17.1 Å². The number of phenolic OH excluding ortho intramolecular Hbond substituents is 1. The van der Waals surface area contributed by atoms with Crippen LogP contribution < -0.4 is 4.74 Å². The summed E-state index contributed by atoms with van der Waals surface area (Å²) in [5, 5.41) is 12.0. The van der Waals surface area contributed by atoms with E-state index in [0.717, 1.165) is 5.39 Å². The van der Waals surface area contributed by atoms with Gasteiger partial charge in [0.25, 0.3) is 0 Å². The molecule has 0 aromatic heterocycles. The molecule has 1 heterocycles. The van der Waals surface area contributed by atoms with Gasteiger partial charge in [-0.1, -0.05) is 48.5 Å². The van der Waals surface area contributed by atoms with E-state index in [1.54, 1.807) is 36.4 Å². The van der Waals surface area contributed by atoms with E-state index < -0.39 is 11.8 Å². The zero-order valence-corrected chi connectivity index (χ0v) is 12.5. The summed E-state index contributed by atoms with van der Waals surface area (Å²) in [4.78, 5) is 24.7. The van der Waals surface area contributed by atoms with E-state index in [2.05, 4.69) is 0 Å². The van der Waals surface area contributed by atoms with E-state index in [1.807, 2.05) is 24.3 Å². The second-order valence-electron chi connectivity index (χ2n) is 5.50. The number of para-hydroxylation sites is 1. The standard InChI is InChI=1S/C20H12O4/c21-18-13(10-9-12-5-1-2-6-14(12)18)11-16-19(22)15-7-3-4-8-17(15)24-20(16)23/h1-11,21H/b16-11-. The van der Waals surface area contributed by atoms with Crippen molar-refractivity contribution in [2.24, 2.45) is 0 Å². The molecule has 24 heavy (non-hydrogen) atoms. The normalized spacial score (nSPS) is 15.4. The van der Waals surface area contributed by atoms with Crippen molar-refractivity contribution in [1.82, 2.24) is 0 Å². The number of hydrogen-bond acceptors (Lipinski definition) is 4. The minimum atomic E-state index is -0.716. The highest BCUT2D eigenvalue weighted by Gasteiger charge is 2.30. The maximum absolute atomic E-state index is 12.6. The molecule has 0 radical (unpaired) electrons. The molecule has 3 aromatic carbocycles. The van der Waals surface area contributed by atoms with Crippen LogP contribution in [0.5, 0.6) is 11.5 Å². The summed E-state index contributed by atoms with van der Waals surface area (Å²) in [6.07, 6.45) is 1.38. The van der Waals surface area contributed by atoms with Gasteiger partial charge in [0, 0.05) is 10.9 Å². The van der Waals surface area contributed by atoms with Gasteiger partial charge in [-0.2, -0.15) is 0 Å². The molecule has 0 saturated heterocycles. The van der Waals surface area contributed by atoms with Crippen molar-refractivity contribution in [3.8, 4) is 11.5 Å². The summed E-state index contributed by atoms with van der Waals surface area (Å²) in [5.41, 5.74) is 0.635. The van der Waals surface area contributed by atoms with Crippen molar-refractivity contribution in [3.63, 3.8) is 0 Å². The first-order valence-electron chi connectivity index (χ1n) is 7.43. The third-order valence-corrected chi connectivity index (χ3v) is 4.03. The number of esters is 1. The number of ketones is 1. The molecule has 0 amide bonds. The third kappa shape index (κ3) is 2.16. The zero-order valence-electron chi connectivity index (χ0n) is 12.5. The average molecular weight is 316 g/mol. The average Bonchev–Trinajstić information content (AvgIpc) is 2.60. The van der Waals surface area contributed by atoms with E-state index in [4.69, 9.17) is 4.74 Å². The summed E-state index contributed by atoms with van der Waals surface area (Å²) < 4.78 is 5.20. The Kier molecular flexibility index (Phi) is 3.17. The molecule has 0 spiro atoms. The Labute approximate surface area is 137 Å². The van der Waals surface area contributed by atoms with Gasteiger partial charge in [0.05, 0.1) is 5.56 Å². The Morgan fingerprint density at radius 2 is 1.62 bits per heavy atom. The highest BCUT2D eigenvalue weighted by atomic mass is 16.5. The molecule has 4 heteroatoms. The van der Waals surface area contributed by atoms with Crippen LogP contribution in [0.1, 0.15) is 15.9 Å². The number of Topliss-reactive ketones (excluding diaryl/α,β-unsaturated/α-hetero) is 1. The quantitative estimate of drug-likeness (QED) is 0.321. The highest BCUT2D eigenvalue weighted by Crippen LogP contribution is 2.33. The summed E-state index contributed by atoms with van der Waals surface area (Å²) in [7, 11) is 0. The minimum Gasteiger partial charge on any atom is -0.507 e. The number of carbonyl (C=O) groups is 2. The SMILES string of the molecule is O=C1Oc2ccccc2C(=O)/C1=C/c1ccc2ccccc2c1O. The van der Waals surface area contributed by atoms with E-state index in [0.29, 0.717) is 16.5 Å². The van der Waals surface area contributed by atoms with E-state index in [1.165, 1.54) is 6.08 Å². The topological polar surface area (TPSA) is 63.6 Å². The maximum atomic E-state index is 12.6. The molecule has 3 aromatic rings. The van der Waals surface area contributed by atoms with Crippen LogP contribution in [-0.4, -0.2) is 16.9 Å². The molecule has 4 rings (SSSR count). The molecule has 0 aliphatic carbocycles. The lowest BCUT2D eigenvalue weighted by atomic mass is 9.96. The predicted molar refractivity (Wildman–Crippen MR) is 90.0 cm³/mol. The Bertz CT molecular complexity index is 1030. The monoisotopic (exact) mass is 316 g/mol. The first kappa shape index (κ1) is 14.2. The van der Waals surface area contributed by atoms with Crippen LogP contribution in [0.15, 0.2) is 66.2 Å². The van der Waals surface area contributed by atoms with Crippen LogP contribution in [0, 0.1) is 0 Å². The largest absolute Gasteiger partial charge is 0.507 e. The smallest absolute Gasteiger partial charge is 0.347 e. The van der Waals surface area contributed by atoms with Gasteiger partial charge < -0.3 is 9.84 Å². The first-order valence-corrected chi connectivity index (χ1v) is 7.43. The predicted octanol–water partition coefficient (Wildman–Crippen LogP) is 3.73. The summed E-state index contributed by atoms with van der Waals surface area (Å²) in [5.74, 6) is -0.840. The van der Waals surface area contributed by atoms with Gasteiger partial charge in [-0.3, -0.25) is 4.79 Å². The fourth-order valence-electron chi connectivity index (χ4n) is 2.80. The number of ether oxygens (including phenoxy) is 1. The number of fused-ring (bicyclic) bond motifs is 2. The van der Waals surface area contributed by atoms with Crippen molar-refractivity contribution in [1.29, 1.82) is 0 Å². The van der Waals surface area contributed by atoms with Gasteiger partial charge in [-0.15, -0.1) is 0 Å². The summed E-state index contributed by atoms with van der Waals surface area (Å²) >= 11 is 0. The van der Waals surface area contributed by atoms with Crippen molar-refractivity contribution in [3.05, 3.63) is 77.4 Å². The molecule has 0 fully saturated rings. The molecule has 1 N–H and O–H groups in total. The molecule has 0 saturated carbocycles. The zero-order chi connectivity index (χ0) is 16.7. The van der Waals surface area contributed by atoms with Crippen LogP contribution in [0.3, 0.4) is 0 Å². The van der Waals surface area contributed by atoms with Gasteiger partial charge >= 0.3 is 5.97 Å². The number of carbonyl (C=O) groups excluding carboxylic acids is 2. The Morgan fingerprint density at radius 3 is 2.50 bits per heavy atom. The van der Waals surface area contributed by atoms with Gasteiger partial charge in [0.2, 0.25) is 5.78 Å². The van der Waals surface area contributed by atoms with Gasteiger partial charge in [0.1, 0.15) is 17.1 Å². The minimum absolute atomic E-state index is 0.0278. The molecular formula is C20H12O4. The first-order chi connectivity index (χ1) is 11.6. The molecule has 116 valence electrons. The molecule has 1 aliphatic rings. The number of benzene rings is 3. The fraction of sp³-hybridized carbons (Fsp3) is 0. The van der Waals surface area contributed by atoms with Crippen molar-refractivity contribution >= 4 is 28.6 Å². The van der Waals surface area contributed by atoms with Gasteiger partial charge in [-0.05, 0) is 23.6 Å². The van der Waals surface area contributed by atoms with Gasteiger partial charge in [0.15, 0.2) is 0 Å². The van der Waals surface area contributed by atoms with Crippen LogP contribution in [0.4, 0.5) is 0 Å². The lowest BCUT2D eigenvalue weighted by Crippen LogP contribution is -2.24. The number of rotatable bonds is 1. The highest BCUT2D eigenvalue weighted by molar-refractivity contribution is 6.30. The van der Waals surface area contributed by atoms with E-state index >= 15 is 0 Å². The van der Waals surface area contributed by atoms with E-state index in [9.17, 15) is 14.7 Å². The van der Waals surface area contributed by atoms with Crippen molar-refractivity contribution in [2.45, 2.75) is 0 Å². The lowest BCUT2D eigenvalue weighted by Gasteiger charge is -2.16. The van der Waals surface area contributed by atoms with Crippen LogP contribution in [0.25, 0.3) is 16.8 Å². The number of phenols is 1. The second-order valence-corrected chi connectivity index (χ2v) is 5.50. The molecule has 4 nitrogen and oxygen atoms in total. The summed E-state index contributed by atoms with van der Waals surface area (Å²) in [6, 6.07) is 17.4. The molecule has 1 aliphatic heterocycles. The van der Waals surface area contributed by atoms with Crippen LogP contribution in [-0.2, 0) is 4.79 Å².